The number of carbonyl (C=O) groups is 1. The zero-order valence-corrected chi connectivity index (χ0v) is 14.0. The van der Waals surface area contributed by atoms with E-state index in [0.29, 0.717) is 12.1 Å². The lowest BCUT2D eigenvalue weighted by molar-refractivity contribution is 0.0633. The molecule has 0 saturated carbocycles. The van der Waals surface area contributed by atoms with Crippen LogP contribution < -0.4 is 5.32 Å². The zero-order chi connectivity index (χ0) is 16.4. The highest BCUT2D eigenvalue weighted by Crippen LogP contribution is 2.25. The summed E-state index contributed by atoms with van der Waals surface area (Å²) in [5.74, 6) is 0.0710. The Morgan fingerprint density at radius 1 is 1.35 bits per heavy atom. The van der Waals surface area contributed by atoms with E-state index in [0.717, 1.165) is 25.2 Å². The van der Waals surface area contributed by atoms with Gasteiger partial charge in [-0.05, 0) is 24.5 Å². The molecular formula is C18H24N4O. The minimum absolute atomic E-state index is 0.0710. The van der Waals surface area contributed by atoms with Gasteiger partial charge >= 0.3 is 0 Å². The molecule has 1 aromatic carbocycles. The van der Waals surface area contributed by atoms with Crippen molar-refractivity contribution < 1.29 is 4.79 Å². The summed E-state index contributed by atoms with van der Waals surface area (Å²) in [5, 5.41) is 7.70. The van der Waals surface area contributed by atoms with Gasteiger partial charge in [-0.2, -0.15) is 5.10 Å². The van der Waals surface area contributed by atoms with Crippen LogP contribution in [-0.2, 0) is 13.5 Å². The first-order chi connectivity index (χ1) is 11.1. The molecule has 122 valence electrons. The number of aryl methyl sites for hydroxylation is 3. The van der Waals surface area contributed by atoms with Crippen molar-refractivity contribution in [3.8, 4) is 0 Å². The number of hydrogen-bond donors (Lipinski definition) is 1. The fraction of sp³-hybridized carbons (Fsp3) is 0.444. The van der Waals surface area contributed by atoms with Crippen molar-refractivity contribution in [1.29, 1.82) is 0 Å². The second-order valence-electron chi connectivity index (χ2n) is 6.12. The monoisotopic (exact) mass is 312 g/mol. The Labute approximate surface area is 137 Å². The van der Waals surface area contributed by atoms with Gasteiger partial charge in [0, 0.05) is 32.9 Å². The average Bonchev–Trinajstić information content (AvgIpc) is 2.92. The third-order valence-electron chi connectivity index (χ3n) is 4.52. The Kier molecular flexibility index (Phi) is 4.48. The molecule has 1 saturated heterocycles. The van der Waals surface area contributed by atoms with Crippen LogP contribution in [0.1, 0.15) is 40.1 Å². The third kappa shape index (κ3) is 3.15. The van der Waals surface area contributed by atoms with E-state index >= 15 is 0 Å². The van der Waals surface area contributed by atoms with E-state index in [1.165, 1.54) is 11.1 Å². The van der Waals surface area contributed by atoms with Crippen LogP contribution in [0.2, 0.25) is 0 Å². The first-order valence-electron chi connectivity index (χ1n) is 8.21. The molecule has 1 aliphatic heterocycles. The molecule has 0 aliphatic carbocycles. The van der Waals surface area contributed by atoms with E-state index in [1.54, 1.807) is 4.68 Å². The van der Waals surface area contributed by atoms with Crippen LogP contribution in [-0.4, -0.2) is 40.2 Å². The minimum Gasteiger partial charge on any atom is -0.329 e. The summed E-state index contributed by atoms with van der Waals surface area (Å²) in [6.07, 6.45) is 2.84. The molecule has 2 aromatic rings. The van der Waals surface area contributed by atoms with Crippen molar-refractivity contribution in [1.82, 2.24) is 20.0 Å². The number of amides is 1. The number of carbonyl (C=O) groups excluding carboxylic acids is 1. The molecule has 5 nitrogen and oxygen atoms in total. The van der Waals surface area contributed by atoms with Crippen molar-refractivity contribution in [3.05, 3.63) is 52.8 Å². The molecule has 23 heavy (non-hydrogen) atoms. The Morgan fingerprint density at radius 3 is 2.70 bits per heavy atom. The highest BCUT2D eigenvalue weighted by Gasteiger charge is 2.30. The molecule has 1 unspecified atom stereocenters. The summed E-state index contributed by atoms with van der Waals surface area (Å²) in [6, 6.07) is 8.67. The fourth-order valence-electron chi connectivity index (χ4n) is 3.18. The number of nitrogens with one attached hydrogen (secondary N) is 1. The second kappa shape index (κ2) is 6.54. The normalized spacial score (nSPS) is 18.2. The second-order valence-corrected chi connectivity index (χ2v) is 6.12. The molecule has 2 heterocycles. The molecule has 5 heteroatoms. The van der Waals surface area contributed by atoms with Crippen molar-refractivity contribution in [2.45, 2.75) is 26.3 Å². The number of hydrogen-bond acceptors (Lipinski definition) is 3. The number of aromatic nitrogens is 2. The van der Waals surface area contributed by atoms with Gasteiger partial charge in [0.25, 0.3) is 5.91 Å². The van der Waals surface area contributed by atoms with E-state index in [-0.39, 0.29) is 11.9 Å². The predicted molar refractivity (Wildman–Crippen MR) is 90.4 cm³/mol. The Morgan fingerprint density at radius 2 is 2.09 bits per heavy atom. The number of rotatable bonds is 3. The van der Waals surface area contributed by atoms with Crippen molar-refractivity contribution >= 4 is 5.91 Å². The van der Waals surface area contributed by atoms with Gasteiger partial charge in [-0.25, -0.2) is 0 Å². The summed E-state index contributed by atoms with van der Waals surface area (Å²) in [4.78, 5) is 15.0. The SMILES string of the molecule is CCc1ccc(C2CNCCN2C(=O)c2cn(C)nc2C)cc1. The van der Waals surface area contributed by atoms with E-state index in [4.69, 9.17) is 0 Å². The molecule has 3 rings (SSSR count). The maximum absolute atomic E-state index is 13.0. The number of nitrogens with zero attached hydrogens (tertiary/aromatic N) is 3. The quantitative estimate of drug-likeness (QED) is 0.944. The van der Waals surface area contributed by atoms with Crippen LogP contribution >= 0.6 is 0 Å². The molecule has 0 spiro atoms. The lowest BCUT2D eigenvalue weighted by Crippen LogP contribution is -2.48. The van der Waals surface area contributed by atoms with Gasteiger partial charge in [0.05, 0.1) is 17.3 Å². The highest BCUT2D eigenvalue weighted by atomic mass is 16.2. The minimum atomic E-state index is 0.0710. The molecule has 1 N–H and O–H groups in total. The van der Waals surface area contributed by atoms with Crippen LogP contribution in [0.5, 0.6) is 0 Å². The first kappa shape index (κ1) is 15.7. The van der Waals surface area contributed by atoms with Crippen LogP contribution in [0.15, 0.2) is 30.5 Å². The highest BCUT2D eigenvalue weighted by molar-refractivity contribution is 5.95. The molecule has 0 bridgehead atoms. The number of piperazine rings is 1. The summed E-state index contributed by atoms with van der Waals surface area (Å²) in [6.45, 7) is 6.37. The Balaban J connectivity index is 1.88. The van der Waals surface area contributed by atoms with E-state index in [9.17, 15) is 4.79 Å². The standard InChI is InChI=1S/C18H24N4O/c1-4-14-5-7-15(8-6-14)17-11-19-9-10-22(17)18(23)16-12-21(3)20-13(16)2/h5-8,12,17,19H,4,9-11H2,1-3H3. The van der Waals surface area contributed by atoms with E-state index < -0.39 is 0 Å². The fourth-order valence-corrected chi connectivity index (χ4v) is 3.18. The van der Waals surface area contributed by atoms with Crippen LogP contribution in [0, 0.1) is 6.92 Å². The van der Waals surface area contributed by atoms with Crippen LogP contribution in [0.3, 0.4) is 0 Å². The summed E-state index contributed by atoms with van der Waals surface area (Å²) >= 11 is 0. The predicted octanol–water partition coefficient (Wildman–Crippen LogP) is 2.08. The van der Waals surface area contributed by atoms with Crippen LogP contribution in [0.25, 0.3) is 0 Å². The smallest absolute Gasteiger partial charge is 0.257 e. The molecular weight excluding hydrogens is 288 g/mol. The maximum atomic E-state index is 13.0. The van der Waals surface area contributed by atoms with Crippen molar-refractivity contribution in [2.24, 2.45) is 7.05 Å². The van der Waals surface area contributed by atoms with E-state index in [2.05, 4.69) is 41.6 Å². The lowest BCUT2D eigenvalue weighted by atomic mass is 10.00. The summed E-state index contributed by atoms with van der Waals surface area (Å²) in [5.41, 5.74) is 3.99. The topological polar surface area (TPSA) is 50.2 Å². The van der Waals surface area contributed by atoms with Gasteiger partial charge in [0.2, 0.25) is 0 Å². The van der Waals surface area contributed by atoms with Gasteiger partial charge in [0.15, 0.2) is 0 Å². The molecule has 1 atom stereocenters. The third-order valence-corrected chi connectivity index (χ3v) is 4.52. The van der Waals surface area contributed by atoms with E-state index in [1.807, 2.05) is 25.1 Å². The maximum Gasteiger partial charge on any atom is 0.257 e. The average molecular weight is 312 g/mol. The van der Waals surface area contributed by atoms with Gasteiger partial charge in [-0.15, -0.1) is 0 Å². The molecule has 0 radical (unpaired) electrons. The largest absolute Gasteiger partial charge is 0.329 e. The van der Waals surface area contributed by atoms with Crippen molar-refractivity contribution in [2.75, 3.05) is 19.6 Å². The summed E-state index contributed by atoms with van der Waals surface area (Å²) in [7, 11) is 1.85. The van der Waals surface area contributed by atoms with Gasteiger partial charge in [-0.1, -0.05) is 31.2 Å². The van der Waals surface area contributed by atoms with Crippen LogP contribution in [0.4, 0.5) is 0 Å². The van der Waals surface area contributed by atoms with Gasteiger partial charge in [-0.3, -0.25) is 9.48 Å². The zero-order valence-electron chi connectivity index (χ0n) is 14.0. The Hall–Kier alpha value is -2.14. The summed E-state index contributed by atoms with van der Waals surface area (Å²) < 4.78 is 1.70. The molecule has 1 fully saturated rings. The van der Waals surface area contributed by atoms with Gasteiger partial charge < -0.3 is 10.2 Å². The molecule has 1 aliphatic rings. The number of benzene rings is 1. The lowest BCUT2D eigenvalue weighted by Gasteiger charge is -2.36. The first-order valence-corrected chi connectivity index (χ1v) is 8.21. The van der Waals surface area contributed by atoms with Crippen molar-refractivity contribution in [3.63, 3.8) is 0 Å². The van der Waals surface area contributed by atoms with Gasteiger partial charge in [0.1, 0.15) is 0 Å². The molecule has 1 aromatic heterocycles. The Bertz CT molecular complexity index is 690. The molecule has 1 amide bonds.